The second-order valence-corrected chi connectivity index (χ2v) is 8.75. The predicted molar refractivity (Wildman–Crippen MR) is 149 cm³/mol. The lowest BCUT2D eigenvalue weighted by atomic mass is 9.98. The molecule has 0 heterocycles. The largest absolute Gasteiger partial charge is 0.506 e. The molecule has 0 bridgehead atoms. The van der Waals surface area contributed by atoms with Crippen LogP contribution < -0.4 is 5.32 Å². The molecular weight excluding hydrogens is 510 g/mol. The van der Waals surface area contributed by atoms with Crippen molar-refractivity contribution in [1.82, 2.24) is 0 Å². The van der Waals surface area contributed by atoms with Gasteiger partial charge in [0.05, 0.1) is 11.1 Å². The summed E-state index contributed by atoms with van der Waals surface area (Å²) in [7, 11) is 0. The normalized spacial score (nSPS) is 11.0. The maximum absolute atomic E-state index is 13.1. The molecule has 0 spiro atoms. The van der Waals surface area contributed by atoms with Crippen LogP contribution in [0, 0.1) is 0 Å². The molecule has 5 aromatic rings. The number of hydrogen-bond donors (Lipinski definition) is 4. The minimum absolute atomic E-state index is 0.0105. The van der Waals surface area contributed by atoms with Crippen molar-refractivity contribution in [3.63, 3.8) is 0 Å². The molecule has 0 aromatic heterocycles. The van der Waals surface area contributed by atoms with E-state index in [9.17, 15) is 29.7 Å². The third-order valence-corrected chi connectivity index (χ3v) is 6.17. The minimum Gasteiger partial charge on any atom is -0.506 e. The van der Waals surface area contributed by atoms with Gasteiger partial charge in [-0.1, -0.05) is 60.7 Å². The van der Waals surface area contributed by atoms with Crippen molar-refractivity contribution in [1.29, 1.82) is 0 Å². The Morgan fingerprint density at radius 1 is 0.675 bits per heavy atom. The van der Waals surface area contributed by atoms with Crippen molar-refractivity contribution in [2.75, 3.05) is 5.32 Å². The zero-order chi connectivity index (χ0) is 28.2. The SMILES string of the molecule is O=C(O)c1ccccc1C(=O)c1ccc(O)c(N=Nc2c(O)c(C(=O)Nc3ccccc3)cc3ccccc23)c1. The summed E-state index contributed by atoms with van der Waals surface area (Å²) >= 11 is 0. The quantitative estimate of drug-likeness (QED) is 0.133. The first-order valence-corrected chi connectivity index (χ1v) is 12.1. The summed E-state index contributed by atoms with van der Waals surface area (Å²) in [4.78, 5) is 37.7. The fourth-order valence-electron chi connectivity index (χ4n) is 4.18. The Kier molecular flexibility index (Phi) is 7.02. The number of para-hydroxylation sites is 1. The first-order valence-electron chi connectivity index (χ1n) is 12.1. The van der Waals surface area contributed by atoms with Gasteiger partial charge in [-0.2, -0.15) is 0 Å². The number of carbonyl (C=O) groups is 3. The predicted octanol–water partition coefficient (Wildman–Crippen LogP) is 6.85. The van der Waals surface area contributed by atoms with Crippen molar-refractivity contribution < 1.29 is 29.7 Å². The number of ketones is 1. The topological polar surface area (TPSA) is 149 Å². The molecule has 9 heteroatoms. The minimum atomic E-state index is -1.25. The molecule has 196 valence electrons. The van der Waals surface area contributed by atoms with Crippen LogP contribution in [0.25, 0.3) is 10.8 Å². The number of carboxylic acid groups (broad SMARTS) is 1. The van der Waals surface area contributed by atoms with Crippen LogP contribution >= 0.6 is 0 Å². The van der Waals surface area contributed by atoms with E-state index < -0.39 is 23.4 Å². The number of azo groups is 1. The van der Waals surface area contributed by atoms with Gasteiger partial charge in [-0.15, -0.1) is 10.2 Å². The fourth-order valence-corrected chi connectivity index (χ4v) is 4.18. The number of carbonyl (C=O) groups excluding carboxylic acids is 2. The number of amides is 1. The third kappa shape index (κ3) is 5.11. The van der Waals surface area contributed by atoms with Gasteiger partial charge in [0.15, 0.2) is 11.5 Å². The van der Waals surface area contributed by atoms with E-state index in [0.29, 0.717) is 16.5 Å². The number of fused-ring (bicyclic) bond motifs is 1. The summed E-state index contributed by atoms with van der Waals surface area (Å²) in [5.41, 5.74) is 0.291. The number of nitrogens with one attached hydrogen (secondary N) is 1. The highest BCUT2D eigenvalue weighted by Gasteiger charge is 2.20. The number of benzene rings is 5. The molecule has 4 N–H and O–H groups in total. The van der Waals surface area contributed by atoms with Crippen molar-refractivity contribution in [2.45, 2.75) is 0 Å². The molecule has 5 rings (SSSR count). The van der Waals surface area contributed by atoms with Gasteiger partial charge in [-0.05, 0) is 47.9 Å². The molecule has 5 aromatic carbocycles. The molecule has 0 saturated carbocycles. The number of phenols is 2. The van der Waals surface area contributed by atoms with Gasteiger partial charge in [0.2, 0.25) is 0 Å². The number of carboxylic acids is 1. The fraction of sp³-hybridized carbons (Fsp3) is 0. The molecule has 1 amide bonds. The molecule has 9 nitrogen and oxygen atoms in total. The summed E-state index contributed by atoms with van der Waals surface area (Å²) in [6, 6.07) is 26.9. The molecule has 0 aliphatic heterocycles. The van der Waals surface area contributed by atoms with E-state index in [2.05, 4.69) is 15.5 Å². The highest BCUT2D eigenvalue weighted by molar-refractivity contribution is 6.14. The lowest BCUT2D eigenvalue weighted by Gasteiger charge is -2.11. The molecule has 0 fully saturated rings. The smallest absolute Gasteiger partial charge is 0.336 e. The maximum Gasteiger partial charge on any atom is 0.336 e. The van der Waals surface area contributed by atoms with Crippen molar-refractivity contribution in [3.8, 4) is 11.5 Å². The van der Waals surface area contributed by atoms with E-state index >= 15 is 0 Å². The Labute approximate surface area is 227 Å². The summed E-state index contributed by atoms with van der Waals surface area (Å²) < 4.78 is 0. The highest BCUT2D eigenvalue weighted by Crippen LogP contribution is 2.40. The van der Waals surface area contributed by atoms with E-state index in [1.165, 1.54) is 36.4 Å². The van der Waals surface area contributed by atoms with Crippen LogP contribution in [0.1, 0.15) is 36.6 Å². The average molecular weight is 532 g/mol. The van der Waals surface area contributed by atoms with Gasteiger partial charge in [0, 0.05) is 22.2 Å². The average Bonchev–Trinajstić information content (AvgIpc) is 2.97. The van der Waals surface area contributed by atoms with Crippen LogP contribution in [-0.4, -0.2) is 33.0 Å². The Hall–Kier alpha value is -5.83. The summed E-state index contributed by atoms with van der Waals surface area (Å²) in [5.74, 6) is -3.10. The van der Waals surface area contributed by atoms with E-state index in [1.807, 2.05) is 6.07 Å². The van der Waals surface area contributed by atoms with Crippen molar-refractivity contribution in [3.05, 3.63) is 125 Å². The molecule has 0 radical (unpaired) electrons. The lowest BCUT2D eigenvalue weighted by Crippen LogP contribution is -2.12. The lowest BCUT2D eigenvalue weighted by molar-refractivity contribution is 0.0692. The Morgan fingerprint density at radius 2 is 1.35 bits per heavy atom. The molecule has 0 unspecified atom stereocenters. The molecule has 0 aliphatic rings. The van der Waals surface area contributed by atoms with Crippen molar-refractivity contribution in [2.24, 2.45) is 10.2 Å². The van der Waals surface area contributed by atoms with Gasteiger partial charge < -0.3 is 20.6 Å². The van der Waals surface area contributed by atoms with Gasteiger partial charge >= 0.3 is 5.97 Å². The Balaban J connectivity index is 1.54. The number of hydrogen-bond acceptors (Lipinski definition) is 7. The number of aromatic hydroxyl groups is 2. The number of rotatable bonds is 7. The Morgan fingerprint density at radius 3 is 2.10 bits per heavy atom. The van der Waals surface area contributed by atoms with Crippen molar-refractivity contribution >= 4 is 45.5 Å². The second kappa shape index (κ2) is 10.9. The molecule has 0 saturated heterocycles. The number of anilines is 1. The standard InChI is InChI=1S/C31H21N3O6/c35-26-15-14-19(28(36)22-12-6-7-13-23(22)31(39)40)17-25(26)33-34-27-21-11-5-4-8-18(21)16-24(29(27)37)30(38)32-20-9-2-1-3-10-20/h1-17,35,37H,(H,32,38)(H,39,40). The van der Waals surface area contributed by atoms with Crippen LogP contribution in [0.5, 0.6) is 11.5 Å². The van der Waals surface area contributed by atoms with Crippen LogP contribution in [-0.2, 0) is 0 Å². The molecule has 0 atom stereocenters. The van der Waals surface area contributed by atoms with Crippen LogP contribution in [0.15, 0.2) is 113 Å². The highest BCUT2D eigenvalue weighted by atomic mass is 16.4. The van der Waals surface area contributed by atoms with Gasteiger partial charge in [-0.25, -0.2) is 4.79 Å². The monoisotopic (exact) mass is 531 g/mol. The van der Waals surface area contributed by atoms with Crippen LogP contribution in [0.2, 0.25) is 0 Å². The zero-order valence-corrected chi connectivity index (χ0v) is 20.8. The van der Waals surface area contributed by atoms with Crippen LogP contribution in [0.4, 0.5) is 17.1 Å². The molecular formula is C31H21N3O6. The number of nitrogens with zero attached hydrogens (tertiary/aromatic N) is 2. The number of aromatic carboxylic acids is 1. The molecule has 40 heavy (non-hydrogen) atoms. The van der Waals surface area contributed by atoms with E-state index in [1.54, 1.807) is 60.7 Å². The third-order valence-electron chi connectivity index (χ3n) is 6.17. The Bertz CT molecular complexity index is 1820. The first-order chi connectivity index (χ1) is 19.3. The summed E-state index contributed by atoms with van der Waals surface area (Å²) in [5, 5.41) is 43.0. The van der Waals surface area contributed by atoms with E-state index in [0.717, 1.165) is 0 Å². The number of phenolic OH excluding ortho intramolecular Hbond substituents is 2. The van der Waals surface area contributed by atoms with E-state index in [4.69, 9.17) is 0 Å². The summed E-state index contributed by atoms with van der Waals surface area (Å²) in [6.07, 6.45) is 0. The molecule has 0 aliphatic carbocycles. The van der Waals surface area contributed by atoms with Gasteiger partial charge in [-0.3, -0.25) is 9.59 Å². The second-order valence-electron chi connectivity index (χ2n) is 8.75. The van der Waals surface area contributed by atoms with Gasteiger partial charge in [0.1, 0.15) is 17.1 Å². The van der Waals surface area contributed by atoms with Gasteiger partial charge in [0.25, 0.3) is 5.91 Å². The maximum atomic E-state index is 13.1. The summed E-state index contributed by atoms with van der Waals surface area (Å²) in [6.45, 7) is 0. The van der Waals surface area contributed by atoms with Crippen LogP contribution in [0.3, 0.4) is 0 Å². The van der Waals surface area contributed by atoms with E-state index in [-0.39, 0.29) is 39.4 Å². The first kappa shape index (κ1) is 25.8. The zero-order valence-electron chi connectivity index (χ0n) is 20.8.